The third-order valence-electron chi connectivity index (χ3n) is 3.94. The lowest BCUT2D eigenvalue weighted by Crippen LogP contribution is -2.31. The van der Waals surface area contributed by atoms with Crippen LogP contribution in [0.5, 0.6) is 0 Å². The lowest BCUT2D eigenvalue weighted by Gasteiger charge is -2.31. The van der Waals surface area contributed by atoms with Gasteiger partial charge < -0.3 is 4.90 Å². The summed E-state index contributed by atoms with van der Waals surface area (Å²) >= 11 is 7.19. The van der Waals surface area contributed by atoms with Crippen LogP contribution < -0.4 is 4.90 Å². The van der Waals surface area contributed by atoms with Crippen molar-refractivity contribution in [2.75, 3.05) is 11.9 Å². The smallest absolute Gasteiger partial charge is 0.0418 e. The van der Waals surface area contributed by atoms with E-state index in [0.717, 1.165) is 5.33 Å². The van der Waals surface area contributed by atoms with Crippen LogP contribution in [0.15, 0.2) is 22.7 Å². The second kappa shape index (κ2) is 6.95. The van der Waals surface area contributed by atoms with Gasteiger partial charge in [0.05, 0.1) is 0 Å². The quantitative estimate of drug-likeness (QED) is 0.498. The first kappa shape index (κ1) is 14.4. The molecule has 1 aromatic rings. The van der Waals surface area contributed by atoms with Crippen molar-refractivity contribution in [2.24, 2.45) is 0 Å². The second-order valence-corrected chi connectivity index (χ2v) is 6.64. The summed E-state index contributed by atoms with van der Waals surface area (Å²) in [7, 11) is 2.25. The van der Waals surface area contributed by atoms with E-state index >= 15 is 0 Å². The van der Waals surface area contributed by atoms with E-state index in [2.05, 4.69) is 62.0 Å². The summed E-state index contributed by atoms with van der Waals surface area (Å²) < 4.78 is 1.17. The number of alkyl halides is 1. The minimum absolute atomic E-state index is 0.708. The molecule has 0 unspecified atom stereocenters. The Hall–Kier alpha value is -0.0200. The van der Waals surface area contributed by atoms with Gasteiger partial charge in [-0.3, -0.25) is 0 Å². The van der Waals surface area contributed by atoms with E-state index in [1.165, 1.54) is 54.2 Å². The van der Waals surface area contributed by atoms with Gasteiger partial charge in [0, 0.05) is 28.6 Å². The normalized spacial score (nSPS) is 17.5. The van der Waals surface area contributed by atoms with E-state index in [1.54, 1.807) is 0 Å². The summed E-state index contributed by atoms with van der Waals surface area (Å²) in [5.41, 5.74) is 2.75. The fraction of sp³-hybridized carbons (Fsp3) is 0.600. The highest BCUT2D eigenvalue weighted by Crippen LogP contribution is 2.31. The molecule has 1 aromatic carbocycles. The number of hydrogen-bond donors (Lipinski definition) is 0. The molecule has 3 heteroatoms. The molecule has 0 aliphatic heterocycles. The summed E-state index contributed by atoms with van der Waals surface area (Å²) in [5.74, 6) is 0. The van der Waals surface area contributed by atoms with Crippen molar-refractivity contribution < 1.29 is 0 Å². The highest BCUT2D eigenvalue weighted by atomic mass is 79.9. The highest BCUT2D eigenvalue weighted by Gasteiger charge is 2.19. The van der Waals surface area contributed by atoms with Crippen LogP contribution in [0.3, 0.4) is 0 Å². The summed E-state index contributed by atoms with van der Waals surface area (Å²) in [6, 6.07) is 7.30. The van der Waals surface area contributed by atoms with Crippen molar-refractivity contribution in [3.63, 3.8) is 0 Å². The van der Waals surface area contributed by atoms with Crippen LogP contribution in [-0.2, 0) is 5.33 Å². The van der Waals surface area contributed by atoms with Gasteiger partial charge in [0.15, 0.2) is 0 Å². The fourth-order valence-electron chi connectivity index (χ4n) is 2.82. The van der Waals surface area contributed by atoms with E-state index in [9.17, 15) is 0 Å². The monoisotopic (exact) mass is 373 g/mol. The third kappa shape index (κ3) is 3.51. The van der Waals surface area contributed by atoms with Crippen LogP contribution in [0.25, 0.3) is 0 Å². The Morgan fingerprint density at radius 3 is 2.44 bits per heavy atom. The fourth-order valence-corrected chi connectivity index (χ4v) is 3.64. The molecule has 18 heavy (non-hydrogen) atoms. The maximum atomic E-state index is 3.60. The van der Waals surface area contributed by atoms with Gasteiger partial charge >= 0.3 is 0 Å². The van der Waals surface area contributed by atoms with Gasteiger partial charge in [-0.05, 0) is 30.5 Å². The SMILES string of the molecule is CN(c1cc(Br)ccc1CBr)C1CCCCCC1. The van der Waals surface area contributed by atoms with Gasteiger partial charge in [-0.15, -0.1) is 0 Å². The van der Waals surface area contributed by atoms with Crippen molar-refractivity contribution in [1.82, 2.24) is 0 Å². The molecule has 100 valence electrons. The van der Waals surface area contributed by atoms with Gasteiger partial charge in [0.1, 0.15) is 0 Å². The summed E-state index contributed by atoms with van der Waals surface area (Å²) in [6.07, 6.45) is 8.26. The molecule has 1 fully saturated rings. The standard InChI is InChI=1S/C15H21Br2N/c1-18(14-6-4-2-3-5-7-14)15-10-13(17)9-8-12(15)11-16/h8-10,14H,2-7,11H2,1H3. The maximum absolute atomic E-state index is 3.60. The van der Waals surface area contributed by atoms with Gasteiger partial charge in [0.2, 0.25) is 0 Å². The van der Waals surface area contributed by atoms with E-state index in [4.69, 9.17) is 0 Å². The van der Waals surface area contributed by atoms with Crippen LogP contribution in [0.4, 0.5) is 5.69 Å². The molecule has 1 saturated carbocycles. The molecule has 0 N–H and O–H groups in total. The average Bonchev–Trinajstić information content (AvgIpc) is 2.66. The number of hydrogen-bond acceptors (Lipinski definition) is 1. The van der Waals surface area contributed by atoms with Crippen LogP contribution in [0.1, 0.15) is 44.1 Å². The first-order chi connectivity index (χ1) is 8.72. The maximum Gasteiger partial charge on any atom is 0.0418 e. The van der Waals surface area contributed by atoms with Crippen LogP contribution in [-0.4, -0.2) is 13.1 Å². The molecule has 0 heterocycles. The van der Waals surface area contributed by atoms with Crippen molar-refractivity contribution in [3.8, 4) is 0 Å². The van der Waals surface area contributed by atoms with Crippen LogP contribution >= 0.6 is 31.9 Å². The van der Waals surface area contributed by atoms with E-state index in [1.807, 2.05) is 0 Å². The van der Waals surface area contributed by atoms with Crippen LogP contribution in [0, 0.1) is 0 Å². The molecule has 0 spiro atoms. The molecule has 2 rings (SSSR count). The lowest BCUT2D eigenvalue weighted by atomic mass is 10.1. The van der Waals surface area contributed by atoms with Gasteiger partial charge in [-0.2, -0.15) is 0 Å². The predicted molar refractivity (Wildman–Crippen MR) is 86.7 cm³/mol. The summed E-state index contributed by atoms with van der Waals surface area (Å²) in [6.45, 7) is 0. The molecule has 0 bridgehead atoms. The molecule has 1 aliphatic rings. The van der Waals surface area contributed by atoms with Crippen molar-refractivity contribution in [2.45, 2.75) is 49.9 Å². The largest absolute Gasteiger partial charge is 0.371 e. The Labute approximate surface area is 127 Å². The number of anilines is 1. The first-order valence-electron chi connectivity index (χ1n) is 6.79. The van der Waals surface area contributed by atoms with E-state index in [-0.39, 0.29) is 0 Å². The molecule has 0 radical (unpaired) electrons. The Kier molecular flexibility index (Phi) is 5.56. The molecular formula is C15H21Br2N. The molecular weight excluding hydrogens is 354 g/mol. The first-order valence-corrected chi connectivity index (χ1v) is 8.71. The van der Waals surface area contributed by atoms with E-state index in [0.29, 0.717) is 6.04 Å². The number of rotatable bonds is 3. The Morgan fingerprint density at radius 1 is 1.17 bits per heavy atom. The zero-order valence-electron chi connectivity index (χ0n) is 11.0. The van der Waals surface area contributed by atoms with Gasteiger partial charge in [0.25, 0.3) is 0 Å². The molecule has 0 amide bonds. The Bertz CT molecular complexity index is 384. The number of nitrogens with zero attached hydrogens (tertiary/aromatic N) is 1. The zero-order valence-corrected chi connectivity index (χ0v) is 14.1. The lowest BCUT2D eigenvalue weighted by molar-refractivity contribution is 0.552. The van der Waals surface area contributed by atoms with Crippen molar-refractivity contribution >= 4 is 37.5 Å². The average molecular weight is 375 g/mol. The van der Waals surface area contributed by atoms with Crippen LogP contribution in [0.2, 0.25) is 0 Å². The Morgan fingerprint density at radius 2 is 1.83 bits per heavy atom. The van der Waals surface area contributed by atoms with Gasteiger partial charge in [-0.25, -0.2) is 0 Å². The minimum Gasteiger partial charge on any atom is -0.371 e. The minimum atomic E-state index is 0.708. The molecule has 0 aromatic heterocycles. The third-order valence-corrected chi connectivity index (χ3v) is 5.04. The number of benzene rings is 1. The summed E-state index contributed by atoms with van der Waals surface area (Å²) in [4.78, 5) is 2.49. The van der Waals surface area contributed by atoms with Crippen molar-refractivity contribution in [3.05, 3.63) is 28.2 Å². The number of halogens is 2. The molecule has 0 saturated heterocycles. The zero-order chi connectivity index (χ0) is 13.0. The predicted octanol–water partition coefficient (Wildman–Crippen LogP) is 5.50. The molecule has 0 atom stereocenters. The second-order valence-electron chi connectivity index (χ2n) is 5.16. The summed E-state index contributed by atoms with van der Waals surface area (Å²) in [5, 5.41) is 0.923. The van der Waals surface area contributed by atoms with Crippen molar-refractivity contribution in [1.29, 1.82) is 0 Å². The topological polar surface area (TPSA) is 3.24 Å². The molecule has 1 nitrogen and oxygen atoms in total. The van der Waals surface area contributed by atoms with E-state index < -0.39 is 0 Å². The highest BCUT2D eigenvalue weighted by molar-refractivity contribution is 9.10. The van der Waals surface area contributed by atoms with Gasteiger partial charge in [-0.1, -0.05) is 63.6 Å². The Balaban J connectivity index is 2.20. The molecule has 1 aliphatic carbocycles.